The minimum absolute atomic E-state index is 0.260. The first-order valence-corrected chi connectivity index (χ1v) is 7.91. The van der Waals surface area contributed by atoms with Crippen molar-refractivity contribution < 1.29 is 14.9 Å². The molecule has 0 saturated carbocycles. The van der Waals surface area contributed by atoms with E-state index in [0.717, 1.165) is 46.1 Å². The van der Waals surface area contributed by atoms with Gasteiger partial charge in [-0.2, -0.15) is 0 Å². The van der Waals surface area contributed by atoms with Crippen LogP contribution in [0, 0.1) is 0 Å². The monoisotopic (exact) mass is 306 g/mol. The first-order valence-electron chi connectivity index (χ1n) is 7.91. The highest BCUT2D eigenvalue weighted by molar-refractivity contribution is 5.99. The van der Waals surface area contributed by atoms with Crippen molar-refractivity contribution in [3.63, 3.8) is 0 Å². The van der Waals surface area contributed by atoms with Gasteiger partial charge in [-0.15, -0.1) is 0 Å². The van der Waals surface area contributed by atoms with Gasteiger partial charge in [0.05, 0.1) is 0 Å². The van der Waals surface area contributed by atoms with Crippen LogP contribution in [0.3, 0.4) is 0 Å². The summed E-state index contributed by atoms with van der Waals surface area (Å²) in [6, 6.07) is 13.0. The Morgan fingerprint density at radius 2 is 1.70 bits per heavy atom. The third-order valence-corrected chi connectivity index (χ3v) is 4.43. The van der Waals surface area contributed by atoms with E-state index in [9.17, 15) is 10.2 Å². The molecular weight excluding hydrogens is 288 g/mol. The second kappa shape index (κ2) is 5.20. The Balaban J connectivity index is 2.04. The molecule has 3 nitrogen and oxygen atoms in total. The zero-order valence-electron chi connectivity index (χ0n) is 13.0. The van der Waals surface area contributed by atoms with Crippen molar-refractivity contribution in [3.8, 4) is 28.4 Å². The maximum atomic E-state index is 9.85. The van der Waals surface area contributed by atoms with Crippen molar-refractivity contribution in [1.82, 2.24) is 0 Å². The van der Waals surface area contributed by atoms with E-state index in [1.165, 1.54) is 5.56 Å². The van der Waals surface area contributed by atoms with Crippen molar-refractivity contribution in [2.45, 2.75) is 26.4 Å². The summed E-state index contributed by atoms with van der Waals surface area (Å²) in [6.07, 6.45) is 1.98. The third kappa shape index (κ3) is 2.20. The molecule has 0 bridgehead atoms. The maximum absolute atomic E-state index is 9.85. The summed E-state index contributed by atoms with van der Waals surface area (Å²) in [5.74, 6) is 1.39. The molecule has 3 aromatic carbocycles. The van der Waals surface area contributed by atoms with Gasteiger partial charge in [-0.3, -0.25) is 0 Å². The zero-order chi connectivity index (χ0) is 16.0. The number of aromatic hydroxyl groups is 2. The SMILES string of the molecule is CCCc1cc2c(c3ccc(O)cc13)OCc1cc(O)ccc1-2. The Hall–Kier alpha value is -2.68. The van der Waals surface area contributed by atoms with Crippen molar-refractivity contribution in [2.24, 2.45) is 0 Å². The van der Waals surface area contributed by atoms with Crippen LogP contribution in [0.25, 0.3) is 21.9 Å². The van der Waals surface area contributed by atoms with Gasteiger partial charge in [0.15, 0.2) is 0 Å². The predicted molar refractivity (Wildman–Crippen MR) is 91.0 cm³/mol. The second-order valence-electron chi connectivity index (χ2n) is 6.02. The zero-order valence-corrected chi connectivity index (χ0v) is 13.0. The summed E-state index contributed by atoms with van der Waals surface area (Å²) in [5, 5.41) is 21.6. The highest BCUT2D eigenvalue weighted by Crippen LogP contribution is 2.45. The minimum Gasteiger partial charge on any atom is -0.508 e. The van der Waals surface area contributed by atoms with Gasteiger partial charge in [0, 0.05) is 16.5 Å². The smallest absolute Gasteiger partial charge is 0.135 e. The molecule has 0 atom stereocenters. The molecule has 1 aliphatic heterocycles. The van der Waals surface area contributed by atoms with Crippen molar-refractivity contribution in [3.05, 3.63) is 53.6 Å². The lowest BCUT2D eigenvalue weighted by Crippen LogP contribution is -2.06. The highest BCUT2D eigenvalue weighted by Gasteiger charge is 2.21. The average Bonchev–Trinajstić information content (AvgIpc) is 2.54. The summed E-state index contributed by atoms with van der Waals surface area (Å²) in [5.41, 5.74) is 4.38. The number of phenolic OH excluding ortho intramolecular Hbond substituents is 2. The van der Waals surface area contributed by atoms with Crippen LogP contribution < -0.4 is 4.74 Å². The van der Waals surface area contributed by atoms with E-state index >= 15 is 0 Å². The molecule has 4 rings (SSSR count). The van der Waals surface area contributed by atoms with Crippen LogP contribution in [0.4, 0.5) is 0 Å². The molecule has 0 aliphatic carbocycles. The molecule has 1 aliphatic rings. The van der Waals surface area contributed by atoms with Crippen LogP contribution in [-0.4, -0.2) is 10.2 Å². The standard InChI is InChI=1S/C20H18O3/c1-2-3-12-9-19-16-6-4-14(21)8-13(16)11-23-20(19)17-7-5-15(22)10-18(12)17/h4-10,21-22H,2-3,11H2,1H3. The fourth-order valence-corrected chi connectivity index (χ4v) is 3.40. The number of fused-ring (bicyclic) bond motifs is 5. The Morgan fingerprint density at radius 1 is 0.913 bits per heavy atom. The van der Waals surface area contributed by atoms with Gasteiger partial charge in [0.25, 0.3) is 0 Å². The van der Waals surface area contributed by atoms with E-state index in [-0.39, 0.29) is 11.5 Å². The minimum atomic E-state index is 0.260. The van der Waals surface area contributed by atoms with E-state index < -0.39 is 0 Å². The molecule has 0 unspecified atom stereocenters. The molecule has 0 aromatic heterocycles. The van der Waals surface area contributed by atoms with Crippen molar-refractivity contribution in [1.29, 1.82) is 0 Å². The molecule has 3 aromatic rings. The summed E-state index contributed by atoms with van der Waals surface area (Å²) in [6.45, 7) is 2.59. The molecule has 0 amide bonds. The number of aryl methyl sites for hydroxylation is 1. The van der Waals surface area contributed by atoms with Crippen LogP contribution in [0.2, 0.25) is 0 Å². The molecule has 0 radical (unpaired) electrons. The van der Waals surface area contributed by atoms with Gasteiger partial charge in [0.2, 0.25) is 0 Å². The van der Waals surface area contributed by atoms with E-state index in [0.29, 0.717) is 6.61 Å². The largest absolute Gasteiger partial charge is 0.508 e. The van der Waals surface area contributed by atoms with Gasteiger partial charge >= 0.3 is 0 Å². The van der Waals surface area contributed by atoms with Crippen LogP contribution in [-0.2, 0) is 13.0 Å². The molecule has 0 spiro atoms. The summed E-state index contributed by atoms with van der Waals surface area (Å²) in [4.78, 5) is 0. The third-order valence-electron chi connectivity index (χ3n) is 4.43. The lowest BCUT2D eigenvalue weighted by molar-refractivity contribution is 0.305. The van der Waals surface area contributed by atoms with E-state index in [1.807, 2.05) is 18.2 Å². The number of rotatable bonds is 2. The van der Waals surface area contributed by atoms with E-state index in [1.54, 1.807) is 18.2 Å². The predicted octanol–water partition coefficient (Wildman–Crippen LogP) is 4.76. The van der Waals surface area contributed by atoms with Gasteiger partial charge in [-0.25, -0.2) is 0 Å². The molecule has 1 heterocycles. The first kappa shape index (κ1) is 13.9. The number of ether oxygens (including phenoxy) is 1. The van der Waals surface area contributed by atoms with Gasteiger partial charge in [-0.05, 0) is 59.3 Å². The lowest BCUT2D eigenvalue weighted by atomic mass is 9.90. The Bertz CT molecular complexity index is 912. The fourth-order valence-electron chi connectivity index (χ4n) is 3.40. The Labute approximate surface area is 134 Å². The molecule has 0 saturated heterocycles. The second-order valence-corrected chi connectivity index (χ2v) is 6.02. The summed E-state index contributed by atoms with van der Waals surface area (Å²) in [7, 11) is 0. The highest BCUT2D eigenvalue weighted by atomic mass is 16.5. The Morgan fingerprint density at radius 3 is 2.52 bits per heavy atom. The fraction of sp³-hybridized carbons (Fsp3) is 0.200. The molecule has 2 N–H and O–H groups in total. The van der Waals surface area contributed by atoms with Gasteiger partial charge in [-0.1, -0.05) is 19.4 Å². The van der Waals surface area contributed by atoms with Crippen LogP contribution in [0.1, 0.15) is 24.5 Å². The van der Waals surface area contributed by atoms with E-state index in [4.69, 9.17) is 4.74 Å². The van der Waals surface area contributed by atoms with Crippen molar-refractivity contribution in [2.75, 3.05) is 0 Å². The Kier molecular flexibility index (Phi) is 3.15. The maximum Gasteiger partial charge on any atom is 0.135 e. The van der Waals surface area contributed by atoms with Crippen molar-refractivity contribution >= 4 is 10.8 Å². The molecular formula is C20H18O3. The van der Waals surface area contributed by atoms with Gasteiger partial charge in [0.1, 0.15) is 23.9 Å². The van der Waals surface area contributed by atoms with Crippen LogP contribution >= 0.6 is 0 Å². The summed E-state index contributed by atoms with van der Waals surface area (Å²) >= 11 is 0. The number of hydrogen-bond donors (Lipinski definition) is 2. The van der Waals surface area contributed by atoms with E-state index in [2.05, 4.69) is 13.0 Å². The molecule has 116 valence electrons. The number of phenols is 2. The van der Waals surface area contributed by atoms with Crippen LogP contribution in [0.15, 0.2) is 42.5 Å². The van der Waals surface area contributed by atoms with Gasteiger partial charge < -0.3 is 14.9 Å². The number of benzene rings is 3. The lowest BCUT2D eigenvalue weighted by Gasteiger charge is -2.24. The summed E-state index contributed by atoms with van der Waals surface area (Å²) < 4.78 is 6.00. The molecule has 0 fully saturated rings. The van der Waals surface area contributed by atoms with Crippen LogP contribution in [0.5, 0.6) is 17.2 Å². The number of hydrogen-bond acceptors (Lipinski definition) is 3. The first-order chi connectivity index (χ1) is 11.2. The molecule has 3 heteroatoms. The normalized spacial score (nSPS) is 12.6. The topological polar surface area (TPSA) is 49.7 Å². The molecule has 23 heavy (non-hydrogen) atoms. The average molecular weight is 306 g/mol. The quantitative estimate of drug-likeness (QED) is 0.717.